The maximum absolute atomic E-state index is 11.9. The molecule has 0 aromatic heterocycles. The van der Waals surface area contributed by atoms with Crippen LogP contribution < -0.4 is 15.4 Å². The van der Waals surface area contributed by atoms with E-state index in [1.54, 1.807) is 19.0 Å². The van der Waals surface area contributed by atoms with E-state index in [0.29, 0.717) is 18.7 Å². The summed E-state index contributed by atoms with van der Waals surface area (Å²) in [5.41, 5.74) is 1.74. The molecule has 2 rings (SSSR count). The minimum absolute atomic E-state index is 0.00257. The van der Waals surface area contributed by atoms with Gasteiger partial charge in [0.2, 0.25) is 0 Å². The third kappa shape index (κ3) is 7.31. The number of carbonyl (C=O) groups is 1. The van der Waals surface area contributed by atoms with Crippen molar-refractivity contribution in [1.29, 1.82) is 0 Å². The molecule has 0 radical (unpaired) electrons. The molecule has 0 saturated carbocycles. The third-order valence-corrected chi connectivity index (χ3v) is 4.00. The lowest BCUT2D eigenvalue weighted by molar-refractivity contribution is 0.0827. The number of guanidine groups is 1. The Morgan fingerprint density at radius 1 is 1.04 bits per heavy atom. The van der Waals surface area contributed by atoms with Gasteiger partial charge in [0.15, 0.2) is 5.96 Å². The Hall–Kier alpha value is -3.02. The number of hydrogen-bond acceptors (Lipinski definition) is 3. The second kappa shape index (κ2) is 11.6. The normalized spacial score (nSPS) is 11.0. The zero-order valence-corrected chi connectivity index (χ0v) is 16.9. The Labute approximate surface area is 167 Å². The van der Waals surface area contributed by atoms with Gasteiger partial charge < -0.3 is 20.3 Å². The van der Waals surface area contributed by atoms with Gasteiger partial charge in [0, 0.05) is 32.7 Å². The van der Waals surface area contributed by atoms with Crippen LogP contribution in [0.5, 0.6) is 5.75 Å². The fraction of sp³-hybridized carbons (Fsp3) is 0.364. The monoisotopic (exact) mass is 382 g/mol. The lowest BCUT2D eigenvalue weighted by Gasteiger charge is -2.12. The number of nitrogens with zero attached hydrogens (tertiary/aromatic N) is 2. The molecule has 6 nitrogen and oxygen atoms in total. The van der Waals surface area contributed by atoms with Gasteiger partial charge in [-0.3, -0.25) is 4.79 Å². The summed E-state index contributed by atoms with van der Waals surface area (Å²) < 4.78 is 5.69. The standard InChI is InChI=1S/C22H30N4O2/c1-4-23-22(24-15-8-16-28-20-9-6-5-7-10-20)25-17-18-11-13-19(14-12-18)21(27)26(2)3/h5-7,9-14H,4,8,15-17H2,1-3H3,(H2,23,24,25). The second-order valence-electron chi connectivity index (χ2n) is 6.53. The number of rotatable bonds is 9. The van der Waals surface area contributed by atoms with E-state index in [-0.39, 0.29) is 5.91 Å². The van der Waals surface area contributed by atoms with E-state index >= 15 is 0 Å². The largest absolute Gasteiger partial charge is 0.494 e. The summed E-state index contributed by atoms with van der Waals surface area (Å²) in [4.78, 5) is 18.1. The van der Waals surface area contributed by atoms with Crippen molar-refractivity contribution in [3.05, 3.63) is 65.7 Å². The first kappa shape index (κ1) is 21.3. The first-order chi connectivity index (χ1) is 13.6. The van der Waals surface area contributed by atoms with E-state index in [2.05, 4.69) is 15.6 Å². The molecular formula is C22H30N4O2. The molecule has 2 aromatic carbocycles. The highest BCUT2D eigenvalue weighted by atomic mass is 16.5. The Balaban J connectivity index is 1.78. The van der Waals surface area contributed by atoms with E-state index in [4.69, 9.17) is 4.74 Å². The van der Waals surface area contributed by atoms with Gasteiger partial charge in [-0.15, -0.1) is 0 Å². The summed E-state index contributed by atoms with van der Waals surface area (Å²) in [6.07, 6.45) is 0.876. The molecule has 0 spiro atoms. The van der Waals surface area contributed by atoms with Crippen molar-refractivity contribution in [2.24, 2.45) is 4.99 Å². The van der Waals surface area contributed by atoms with Crippen LogP contribution in [0.3, 0.4) is 0 Å². The van der Waals surface area contributed by atoms with Crippen LogP contribution in [0.25, 0.3) is 0 Å². The fourth-order valence-electron chi connectivity index (χ4n) is 2.51. The maximum Gasteiger partial charge on any atom is 0.253 e. The Bertz CT molecular complexity index is 743. The summed E-state index contributed by atoms with van der Waals surface area (Å²) in [5, 5.41) is 6.56. The molecule has 0 fully saturated rings. The topological polar surface area (TPSA) is 66.0 Å². The van der Waals surface area contributed by atoms with E-state index < -0.39 is 0 Å². The molecule has 0 heterocycles. The van der Waals surface area contributed by atoms with Crippen molar-refractivity contribution in [3.63, 3.8) is 0 Å². The first-order valence-electron chi connectivity index (χ1n) is 9.60. The number of nitrogens with one attached hydrogen (secondary N) is 2. The molecule has 0 unspecified atom stereocenters. The van der Waals surface area contributed by atoms with E-state index in [0.717, 1.165) is 36.8 Å². The zero-order valence-electron chi connectivity index (χ0n) is 16.9. The third-order valence-electron chi connectivity index (χ3n) is 4.00. The number of carbonyl (C=O) groups excluding carboxylic acids is 1. The quantitative estimate of drug-likeness (QED) is 0.398. The van der Waals surface area contributed by atoms with Gasteiger partial charge in [-0.2, -0.15) is 0 Å². The number of amides is 1. The Kier molecular flexibility index (Phi) is 8.85. The van der Waals surface area contributed by atoms with Crippen LogP contribution in [-0.2, 0) is 6.54 Å². The van der Waals surface area contributed by atoms with Crippen molar-refractivity contribution in [3.8, 4) is 5.75 Å². The molecule has 150 valence electrons. The molecular weight excluding hydrogens is 352 g/mol. The van der Waals surface area contributed by atoms with Crippen LogP contribution in [0, 0.1) is 0 Å². The SMILES string of the molecule is CCNC(=NCc1ccc(C(=O)N(C)C)cc1)NCCCOc1ccccc1. The van der Waals surface area contributed by atoms with Crippen LogP contribution in [-0.4, -0.2) is 50.6 Å². The van der Waals surface area contributed by atoms with Crippen molar-refractivity contribution < 1.29 is 9.53 Å². The molecule has 0 atom stereocenters. The molecule has 1 amide bonds. The summed E-state index contributed by atoms with van der Waals surface area (Å²) in [6.45, 7) is 4.80. The van der Waals surface area contributed by atoms with E-state index in [9.17, 15) is 4.79 Å². The molecule has 2 N–H and O–H groups in total. The van der Waals surface area contributed by atoms with Crippen molar-refractivity contribution in [1.82, 2.24) is 15.5 Å². The molecule has 0 bridgehead atoms. The highest BCUT2D eigenvalue weighted by molar-refractivity contribution is 5.93. The smallest absolute Gasteiger partial charge is 0.253 e. The molecule has 0 saturated heterocycles. The van der Waals surface area contributed by atoms with Crippen molar-refractivity contribution in [2.45, 2.75) is 19.9 Å². The molecule has 0 aliphatic rings. The summed E-state index contributed by atoms with van der Waals surface area (Å²) in [5.74, 6) is 1.66. The second-order valence-corrected chi connectivity index (χ2v) is 6.53. The minimum atomic E-state index is 0.00257. The lowest BCUT2D eigenvalue weighted by Crippen LogP contribution is -2.38. The van der Waals surface area contributed by atoms with Crippen LogP contribution in [0.4, 0.5) is 0 Å². The predicted molar refractivity (Wildman–Crippen MR) is 114 cm³/mol. The lowest BCUT2D eigenvalue weighted by atomic mass is 10.1. The zero-order chi connectivity index (χ0) is 20.2. The van der Waals surface area contributed by atoms with E-state index in [1.807, 2.05) is 61.5 Å². The highest BCUT2D eigenvalue weighted by Crippen LogP contribution is 2.08. The number of aliphatic imine (C=N–C) groups is 1. The molecule has 0 aliphatic heterocycles. The van der Waals surface area contributed by atoms with Gasteiger partial charge in [0.05, 0.1) is 13.2 Å². The first-order valence-corrected chi connectivity index (χ1v) is 9.60. The number of ether oxygens (including phenoxy) is 1. The molecule has 28 heavy (non-hydrogen) atoms. The van der Waals surface area contributed by atoms with Gasteiger partial charge in [-0.25, -0.2) is 4.99 Å². The molecule has 2 aromatic rings. The van der Waals surface area contributed by atoms with Crippen molar-refractivity contribution >= 4 is 11.9 Å². The summed E-state index contributed by atoms with van der Waals surface area (Å²) >= 11 is 0. The number of benzene rings is 2. The summed E-state index contributed by atoms with van der Waals surface area (Å²) in [7, 11) is 3.50. The maximum atomic E-state index is 11.9. The van der Waals surface area contributed by atoms with E-state index in [1.165, 1.54) is 0 Å². The Morgan fingerprint density at radius 2 is 1.75 bits per heavy atom. The van der Waals surface area contributed by atoms with Gasteiger partial charge in [0.25, 0.3) is 5.91 Å². The fourth-order valence-corrected chi connectivity index (χ4v) is 2.51. The average molecular weight is 383 g/mol. The molecule has 6 heteroatoms. The average Bonchev–Trinajstić information content (AvgIpc) is 2.72. The molecule has 0 aliphatic carbocycles. The van der Waals surface area contributed by atoms with Crippen LogP contribution in [0.1, 0.15) is 29.3 Å². The van der Waals surface area contributed by atoms with Crippen LogP contribution in [0.15, 0.2) is 59.6 Å². The number of para-hydroxylation sites is 1. The van der Waals surface area contributed by atoms with Crippen molar-refractivity contribution in [2.75, 3.05) is 33.8 Å². The van der Waals surface area contributed by atoms with Crippen LogP contribution >= 0.6 is 0 Å². The number of hydrogen-bond donors (Lipinski definition) is 2. The summed E-state index contributed by atoms with van der Waals surface area (Å²) in [6, 6.07) is 17.4. The minimum Gasteiger partial charge on any atom is -0.494 e. The van der Waals surface area contributed by atoms with Crippen LogP contribution in [0.2, 0.25) is 0 Å². The highest BCUT2D eigenvalue weighted by Gasteiger charge is 2.07. The van der Waals surface area contributed by atoms with Gasteiger partial charge in [-0.05, 0) is 43.2 Å². The van der Waals surface area contributed by atoms with Gasteiger partial charge in [0.1, 0.15) is 5.75 Å². The van der Waals surface area contributed by atoms with Gasteiger partial charge in [-0.1, -0.05) is 30.3 Å². The Morgan fingerprint density at radius 3 is 2.39 bits per heavy atom. The predicted octanol–water partition coefficient (Wildman–Crippen LogP) is 2.91. The van der Waals surface area contributed by atoms with Gasteiger partial charge >= 0.3 is 0 Å².